The van der Waals surface area contributed by atoms with Crippen molar-refractivity contribution in [2.24, 2.45) is 0 Å². The summed E-state index contributed by atoms with van der Waals surface area (Å²) in [5, 5.41) is 2.43. The van der Waals surface area contributed by atoms with Crippen LogP contribution in [0.1, 0.15) is 40.6 Å². The van der Waals surface area contributed by atoms with Gasteiger partial charge in [-0.05, 0) is 57.3 Å². The van der Waals surface area contributed by atoms with E-state index in [0.29, 0.717) is 54.2 Å². The zero-order chi connectivity index (χ0) is 30.9. The number of fused-ring (bicyclic) bond motifs is 1. The molecule has 1 atom stereocenters. The number of halogens is 4. The number of benzene rings is 2. The van der Waals surface area contributed by atoms with Crippen molar-refractivity contribution in [1.82, 2.24) is 24.2 Å². The third-order valence-corrected chi connectivity index (χ3v) is 7.11. The summed E-state index contributed by atoms with van der Waals surface area (Å²) in [6.45, 7) is 1.20. The number of rotatable bonds is 7. The van der Waals surface area contributed by atoms with Crippen molar-refractivity contribution in [2.75, 3.05) is 38.2 Å². The van der Waals surface area contributed by atoms with Gasteiger partial charge in [0.15, 0.2) is 0 Å². The lowest BCUT2D eigenvalue weighted by Gasteiger charge is -2.22. The number of likely N-dealkylation sites (N-methyl/N-ethyl adjacent to an activating group) is 1. The number of anilines is 2. The van der Waals surface area contributed by atoms with E-state index in [1.54, 1.807) is 46.0 Å². The van der Waals surface area contributed by atoms with Gasteiger partial charge in [-0.2, -0.15) is 13.2 Å². The Morgan fingerprint density at radius 1 is 1.19 bits per heavy atom. The van der Waals surface area contributed by atoms with E-state index in [2.05, 4.69) is 10.3 Å². The fourth-order valence-corrected chi connectivity index (χ4v) is 5.12. The van der Waals surface area contributed by atoms with Crippen LogP contribution in [0.4, 0.5) is 29.1 Å². The smallest absolute Gasteiger partial charge is 0.382 e. The number of carbonyl (C=O) groups is 2. The third-order valence-electron chi connectivity index (χ3n) is 7.11. The molecule has 224 valence electrons. The molecule has 0 spiro atoms. The van der Waals surface area contributed by atoms with Crippen molar-refractivity contribution < 1.29 is 27.2 Å². The van der Waals surface area contributed by atoms with Gasteiger partial charge in [0, 0.05) is 48.4 Å². The molecule has 1 aliphatic rings. The van der Waals surface area contributed by atoms with Crippen molar-refractivity contribution in [2.45, 2.75) is 25.1 Å². The summed E-state index contributed by atoms with van der Waals surface area (Å²) < 4.78 is 54.6. The molecular weight excluding hydrogens is 566 g/mol. The second kappa shape index (κ2) is 11.8. The molecule has 5 rings (SSSR count). The lowest BCUT2D eigenvalue weighted by Crippen LogP contribution is -2.30. The first-order valence-electron chi connectivity index (χ1n) is 13.5. The van der Waals surface area contributed by atoms with Crippen molar-refractivity contribution in [3.63, 3.8) is 0 Å². The summed E-state index contributed by atoms with van der Waals surface area (Å²) in [5.41, 5.74) is 6.36. The highest BCUT2D eigenvalue weighted by atomic mass is 19.4. The number of likely N-dealkylation sites (tertiary alicyclic amines) is 1. The number of amides is 2. The Kier molecular flexibility index (Phi) is 8.18. The number of imidazole rings is 1. The van der Waals surface area contributed by atoms with E-state index in [0.717, 1.165) is 12.5 Å². The minimum Gasteiger partial charge on any atom is -0.382 e. The van der Waals surface area contributed by atoms with Crippen molar-refractivity contribution >= 4 is 28.8 Å². The lowest BCUT2D eigenvalue weighted by atomic mass is 10.1. The maximum atomic E-state index is 14.0. The summed E-state index contributed by atoms with van der Waals surface area (Å²) in [4.78, 5) is 38.9. The quantitative estimate of drug-likeness (QED) is 0.226. The average Bonchev–Trinajstić information content (AvgIpc) is 3.58. The number of nitrogens with zero attached hydrogens (tertiary/aromatic N) is 5. The minimum atomic E-state index is -4.85. The van der Waals surface area contributed by atoms with Crippen molar-refractivity contribution in [3.8, 4) is 11.3 Å². The number of hydrogen-bond donors (Lipinski definition) is 2. The van der Waals surface area contributed by atoms with E-state index in [9.17, 15) is 27.2 Å². The molecule has 9 nitrogen and oxygen atoms in total. The minimum absolute atomic E-state index is 0.122. The van der Waals surface area contributed by atoms with Crippen LogP contribution in [0, 0.1) is 5.82 Å². The normalized spacial score (nSPS) is 15.6. The van der Waals surface area contributed by atoms with Crippen molar-refractivity contribution in [3.05, 3.63) is 89.8 Å². The van der Waals surface area contributed by atoms with Crippen LogP contribution in [-0.2, 0) is 11.0 Å². The van der Waals surface area contributed by atoms with Gasteiger partial charge in [0.25, 0.3) is 5.91 Å². The van der Waals surface area contributed by atoms with E-state index < -0.39 is 23.5 Å². The summed E-state index contributed by atoms with van der Waals surface area (Å²) in [7, 11) is 3.83. The molecule has 3 heterocycles. The Morgan fingerprint density at radius 3 is 2.70 bits per heavy atom. The molecular formula is C30H29F4N7O2. The number of nitrogen functional groups attached to an aromatic ring is 1. The van der Waals surface area contributed by atoms with Crippen LogP contribution in [0.25, 0.3) is 16.8 Å². The van der Waals surface area contributed by atoms with Gasteiger partial charge in [-0.3, -0.25) is 14.0 Å². The Bertz CT molecular complexity index is 1710. The molecule has 3 N–H and O–H groups in total. The van der Waals surface area contributed by atoms with Gasteiger partial charge in [-0.25, -0.2) is 14.4 Å². The van der Waals surface area contributed by atoms with E-state index in [4.69, 9.17) is 10.7 Å². The molecule has 0 bridgehead atoms. The summed E-state index contributed by atoms with van der Waals surface area (Å²) in [6, 6.07) is 8.28. The first-order chi connectivity index (χ1) is 20.4. The number of carbonyl (C=O) groups excluding carboxylic acids is 2. The van der Waals surface area contributed by atoms with Crippen LogP contribution >= 0.6 is 0 Å². The molecule has 0 saturated carbocycles. The number of aromatic nitrogens is 3. The first-order valence-corrected chi connectivity index (χ1v) is 13.5. The van der Waals surface area contributed by atoms with Crippen molar-refractivity contribution in [1.29, 1.82) is 0 Å². The summed E-state index contributed by atoms with van der Waals surface area (Å²) in [6.07, 6.45) is 3.27. The zero-order valence-electron chi connectivity index (χ0n) is 23.4. The predicted octanol–water partition coefficient (Wildman–Crippen LogP) is 5.17. The van der Waals surface area contributed by atoms with Gasteiger partial charge in [-0.15, -0.1) is 0 Å². The van der Waals surface area contributed by atoms with Crippen LogP contribution in [-0.4, -0.2) is 63.2 Å². The molecule has 0 aliphatic carbocycles. The van der Waals surface area contributed by atoms with Gasteiger partial charge in [0.1, 0.15) is 28.7 Å². The molecule has 0 unspecified atom stereocenters. The fraction of sp³-hybridized carbons (Fsp3) is 0.267. The highest BCUT2D eigenvalue weighted by Gasteiger charge is 2.35. The molecule has 2 aromatic heterocycles. The second-order valence-electron chi connectivity index (χ2n) is 10.4. The maximum Gasteiger partial charge on any atom is 0.419 e. The maximum absolute atomic E-state index is 14.0. The highest BCUT2D eigenvalue weighted by Crippen LogP contribution is 2.37. The molecule has 1 fully saturated rings. The Hall–Kier alpha value is -4.78. The van der Waals surface area contributed by atoms with Crippen LogP contribution < -0.4 is 11.1 Å². The van der Waals surface area contributed by atoms with Gasteiger partial charge < -0.3 is 20.9 Å². The molecule has 2 amide bonds. The number of nitrogens with two attached hydrogens (primary N) is 1. The molecule has 0 radical (unpaired) electrons. The molecule has 13 heteroatoms. The van der Waals surface area contributed by atoms with Gasteiger partial charge in [0.2, 0.25) is 5.91 Å². The standard InChI is InChI=1S/C30H29F4N7O2/c1-39(2)13-5-9-24(42)40-14-4-8-23(40)28-38-25(26-27(35)36-12-15-41(26)28)18-6-3-7-19(16-18)29(43)37-20-10-11-21(22(31)17-20)30(32,33)34/h3,5-7,9-12,15-17,23H,4,8,13-14H2,1-2H3,(H2,35,36)(H,37,43)/b9-5+/t23-/m0/s1. The Balaban J connectivity index is 1.46. The fourth-order valence-electron chi connectivity index (χ4n) is 5.12. The van der Waals surface area contributed by atoms with E-state index >= 15 is 0 Å². The van der Waals surface area contributed by atoms with Crippen LogP contribution in [0.3, 0.4) is 0 Å². The first kappa shape index (κ1) is 29.7. The molecule has 1 saturated heterocycles. The topological polar surface area (TPSA) is 109 Å². The largest absolute Gasteiger partial charge is 0.419 e. The molecule has 4 aromatic rings. The number of nitrogens with one attached hydrogen (secondary N) is 1. The summed E-state index contributed by atoms with van der Waals surface area (Å²) in [5.74, 6) is -1.48. The van der Waals surface area contributed by atoms with E-state index in [-0.39, 0.29) is 29.0 Å². The monoisotopic (exact) mass is 595 g/mol. The molecule has 43 heavy (non-hydrogen) atoms. The number of alkyl halides is 3. The predicted molar refractivity (Wildman–Crippen MR) is 154 cm³/mol. The van der Waals surface area contributed by atoms with Gasteiger partial charge in [-0.1, -0.05) is 18.2 Å². The van der Waals surface area contributed by atoms with Crippen LogP contribution in [0.15, 0.2) is 67.0 Å². The Morgan fingerprint density at radius 2 is 1.98 bits per heavy atom. The third kappa shape index (κ3) is 6.21. The van der Waals surface area contributed by atoms with Gasteiger partial charge >= 0.3 is 6.18 Å². The van der Waals surface area contributed by atoms with Gasteiger partial charge in [0.05, 0.1) is 11.6 Å². The lowest BCUT2D eigenvalue weighted by molar-refractivity contribution is -0.140. The average molecular weight is 596 g/mol. The number of hydrogen-bond acceptors (Lipinski definition) is 6. The van der Waals surface area contributed by atoms with Crippen LogP contribution in [0.2, 0.25) is 0 Å². The molecule has 2 aromatic carbocycles. The van der Waals surface area contributed by atoms with E-state index in [1.165, 1.54) is 6.07 Å². The Labute approximate surface area is 244 Å². The highest BCUT2D eigenvalue weighted by molar-refractivity contribution is 6.05. The SMILES string of the molecule is CN(C)C/C=C/C(=O)N1CCC[C@H]1c1nc(-c2cccc(C(=O)Nc3ccc(C(F)(F)F)c(F)c3)c2)c2c(N)nccn12. The van der Waals surface area contributed by atoms with E-state index in [1.807, 2.05) is 25.1 Å². The zero-order valence-corrected chi connectivity index (χ0v) is 23.4. The van der Waals surface area contributed by atoms with Crippen LogP contribution in [0.5, 0.6) is 0 Å². The molecule has 1 aliphatic heterocycles. The summed E-state index contributed by atoms with van der Waals surface area (Å²) >= 11 is 0. The second-order valence-corrected chi connectivity index (χ2v) is 10.4.